The fraction of sp³-hybridized carbons (Fsp3) is 0.909. The average Bonchev–Trinajstić information content (AvgIpc) is 2.24. The number of carbonyl (C=O) groups excluding carboxylic acids is 1. The number of rotatable bonds is 7. The first-order valence-electron chi connectivity index (χ1n) is 5.50. The van der Waals surface area contributed by atoms with E-state index in [9.17, 15) is 9.90 Å². The summed E-state index contributed by atoms with van der Waals surface area (Å²) >= 11 is 0. The average molecular weight is 218 g/mol. The summed E-state index contributed by atoms with van der Waals surface area (Å²) in [6, 6.07) is 0. The van der Waals surface area contributed by atoms with Gasteiger partial charge in [-0.1, -0.05) is 13.8 Å². The van der Waals surface area contributed by atoms with Crippen LogP contribution in [0.1, 0.15) is 34.1 Å². The van der Waals surface area contributed by atoms with Gasteiger partial charge in [0.05, 0.1) is 13.2 Å². The molecule has 2 atom stereocenters. The van der Waals surface area contributed by atoms with E-state index in [-0.39, 0.29) is 12.5 Å². The maximum absolute atomic E-state index is 11.6. The molecule has 0 aromatic heterocycles. The molecule has 4 nitrogen and oxygen atoms in total. The third-order valence-corrected chi connectivity index (χ3v) is 2.56. The van der Waals surface area contributed by atoms with Gasteiger partial charge in [0, 0.05) is 12.5 Å². The van der Waals surface area contributed by atoms with E-state index in [1.54, 1.807) is 20.8 Å². The van der Waals surface area contributed by atoms with Crippen molar-refractivity contribution in [2.75, 3.05) is 19.8 Å². The van der Waals surface area contributed by atoms with Crippen LogP contribution in [0, 0.1) is 5.92 Å². The van der Waals surface area contributed by atoms with Crippen molar-refractivity contribution in [2.24, 2.45) is 5.92 Å². The van der Waals surface area contributed by atoms with Crippen LogP contribution in [-0.2, 0) is 14.3 Å². The Hall–Kier alpha value is -0.610. The van der Waals surface area contributed by atoms with E-state index in [2.05, 4.69) is 0 Å². The van der Waals surface area contributed by atoms with E-state index in [4.69, 9.17) is 9.47 Å². The summed E-state index contributed by atoms with van der Waals surface area (Å²) in [5, 5.41) is 10.2. The molecule has 0 heterocycles. The Morgan fingerprint density at radius 1 is 1.33 bits per heavy atom. The number of hydrogen-bond donors (Lipinski definition) is 1. The molecule has 4 heteroatoms. The van der Waals surface area contributed by atoms with Crippen LogP contribution < -0.4 is 0 Å². The van der Waals surface area contributed by atoms with Crippen LogP contribution in [0.5, 0.6) is 0 Å². The van der Waals surface area contributed by atoms with E-state index >= 15 is 0 Å². The largest absolute Gasteiger partial charge is 0.464 e. The van der Waals surface area contributed by atoms with Crippen molar-refractivity contribution in [3.63, 3.8) is 0 Å². The minimum atomic E-state index is -1.43. The van der Waals surface area contributed by atoms with Crippen molar-refractivity contribution in [3.8, 4) is 0 Å². The lowest BCUT2D eigenvalue weighted by Crippen LogP contribution is -2.47. The van der Waals surface area contributed by atoms with E-state index in [1.807, 2.05) is 6.92 Å². The fourth-order valence-corrected chi connectivity index (χ4v) is 1.38. The summed E-state index contributed by atoms with van der Waals surface area (Å²) in [5.41, 5.74) is -1.43. The standard InChI is InChI=1S/C11H22O4/c1-5-11(13,10(12)15-7-3)9(4)8-14-6-2/h9,13H,5-8H2,1-4H3. The second-order valence-electron chi connectivity index (χ2n) is 3.56. The molecule has 0 amide bonds. The molecule has 0 aliphatic rings. The molecule has 1 N–H and O–H groups in total. The van der Waals surface area contributed by atoms with Gasteiger partial charge in [0.15, 0.2) is 5.60 Å². The van der Waals surface area contributed by atoms with Gasteiger partial charge in [-0.25, -0.2) is 4.79 Å². The second-order valence-corrected chi connectivity index (χ2v) is 3.56. The molecule has 15 heavy (non-hydrogen) atoms. The number of hydrogen-bond acceptors (Lipinski definition) is 4. The van der Waals surface area contributed by atoms with Gasteiger partial charge in [-0.05, 0) is 20.3 Å². The lowest BCUT2D eigenvalue weighted by atomic mass is 9.87. The highest BCUT2D eigenvalue weighted by Gasteiger charge is 2.41. The first kappa shape index (κ1) is 14.4. The van der Waals surface area contributed by atoms with Crippen LogP contribution in [0.25, 0.3) is 0 Å². The molecule has 0 bridgehead atoms. The number of esters is 1. The van der Waals surface area contributed by atoms with Gasteiger partial charge in [0.25, 0.3) is 0 Å². The third kappa shape index (κ3) is 3.80. The zero-order chi connectivity index (χ0) is 11.9. The van der Waals surface area contributed by atoms with E-state index < -0.39 is 11.6 Å². The third-order valence-electron chi connectivity index (χ3n) is 2.56. The molecule has 0 saturated heterocycles. The van der Waals surface area contributed by atoms with Crippen molar-refractivity contribution in [1.82, 2.24) is 0 Å². The molecule has 0 aliphatic carbocycles. The van der Waals surface area contributed by atoms with E-state index in [0.717, 1.165) is 0 Å². The number of ether oxygens (including phenoxy) is 2. The van der Waals surface area contributed by atoms with Crippen molar-refractivity contribution in [1.29, 1.82) is 0 Å². The van der Waals surface area contributed by atoms with Crippen LogP contribution in [0.4, 0.5) is 0 Å². The molecule has 0 saturated carbocycles. The molecule has 0 radical (unpaired) electrons. The molecule has 0 rings (SSSR count). The smallest absolute Gasteiger partial charge is 0.338 e. The lowest BCUT2D eigenvalue weighted by molar-refractivity contribution is -0.173. The van der Waals surface area contributed by atoms with Crippen LogP contribution in [0.3, 0.4) is 0 Å². The molecule has 90 valence electrons. The zero-order valence-electron chi connectivity index (χ0n) is 10.1. The predicted molar refractivity (Wildman–Crippen MR) is 57.5 cm³/mol. The molecule has 0 aromatic carbocycles. The summed E-state index contributed by atoms with van der Waals surface area (Å²) in [7, 11) is 0. The molecule has 2 unspecified atom stereocenters. The molecular weight excluding hydrogens is 196 g/mol. The minimum Gasteiger partial charge on any atom is -0.464 e. The lowest BCUT2D eigenvalue weighted by Gasteiger charge is -2.30. The van der Waals surface area contributed by atoms with Crippen LogP contribution in [-0.4, -0.2) is 36.5 Å². The Morgan fingerprint density at radius 2 is 1.93 bits per heavy atom. The van der Waals surface area contributed by atoms with Gasteiger partial charge in [-0.15, -0.1) is 0 Å². The van der Waals surface area contributed by atoms with E-state index in [0.29, 0.717) is 19.6 Å². The Labute approximate surface area is 91.6 Å². The van der Waals surface area contributed by atoms with Gasteiger partial charge in [0.2, 0.25) is 0 Å². The highest BCUT2D eigenvalue weighted by molar-refractivity contribution is 5.79. The van der Waals surface area contributed by atoms with E-state index in [1.165, 1.54) is 0 Å². The SMILES string of the molecule is CCOCC(C)C(O)(CC)C(=O)OCC. The topological polar surface area (TPSA) is 55.8 Å². The highest BCUT2D eigenvalue weighted by Crippen LogP contribution is 2.23. The van der Waals surface area contributed by atoms with Crippen LogP contribution in [0.15, 0.2) is 0 Å². The summed E-state index contributed by atoms with van der Waals surface area (Å²) in [4.78, 5) is 11.6. The van der Waals surface area contributed by atoms with Crippen LogP contribution >= 0.6 is 0 Å². The first-order chi connectivity index (χ1) is 7.02. The summed E-state index contributed by atoms with van der Waals surface area (Å²) in [6.45, 7) is 8.37. The quantitative estimate of drug-likeness (QED) is 0.656. The molecule has 0 aromatic rings. The number of carbonyl (C=O) groups is 1. The Kier molecular flexibility index (Phi) is 6.52. The maximum atomic E-state index is 11.6. The van der Waals surface area contributed by atoms with Crippen molar-refractivity contribution >= 4 is 5.97 Å². The summed E-state index contributed by atoms with van der Waals surface area (Å²) in [5.74, 6) is -0.818. The van der Waals surface area contributed by atoms with Crippen molar-refractivity contribution in [3.05, 3.63) is 0 Å². The van der Waals surface area contributed by atoms with Gasteiger partial charge in [-0.2, -0.15) is 0 Å². The van der Waals surface area contributed by atoms with Gasteiger partial charge < -0.3 is 14.6 Å². The normalized spacial score (nSPS) is 16.9. The second kappa shape index (κ2) is 6.80. The Balaban J connectivity index is 4.45. The molecular formula is C11H22O4. The Bertz CT molecular complexity index is 193. The van der Waals surface area contributed by atoms with Crippen molar-refractivity contribution < 1.29 is 19.4 Å². The zero-order valence-corrected chi connectivity index (χ0v) is 10.1. The van der Waals surface area contributed by atoms with Crippen LogP contribution in [0.2, 0.25) is 0 Å². The van der Waals surface area contributed by atoms with Gasteiger partial charge >= 0.3 is 5.97 Å². The monoisotopic (exact) mass is 218 g/mol. The summed E-state index contributed by atoms with van der Waals surface area (Å²) in [6.07, 6.45) is 0.333. The van der Waals surface area contributed by atoms with Crippen molar-refractivity contribution in [2.45, 2.75) is 39.7 Å². The summed E-state index contributed by atoms with van der Waals surface area (Å²) < 4.78 is 10.1. The maximum Gasteiger partial charge on any atom is 0.338 e. The number of aliphatic hydroxyl groups is 1. The fourth-order valence-electron chi connectivity index (χ4n) is 1.38. The predicted octanol–water partition coefficient (Wildman–Crippen LogP) is 1.36. The molecule has 0 aliphatic heterocycles. The first-order valence-corrected chi connectivity index (χ1v) is 5.50. The highest BCUT2D eigenvalue weighted by atomic mass is 16.5. The van der Waals surface area contributed by atoms with Gasteiger partial charge in [0.1, 0.15) is 0 Å². The molecule has 0 fully saturated rings. The molecule has 0 spiro atoms. The van der Waals surface area contributed by atoms with Gasteiger partial charge in [-0.3, -0.25) is 0 Å². The Morgan fingerprint density at radius 3 is 2.33 bits per heavy atom. The minimum absolute atomic E-state index is 0.263.